The number of benzene rings is 2. The molecule has 2 aliphatic rings. The van der Waals surface area contributed by atoms with Crippen LogP contribution < -0.4 is 16.0 Å². The molecule has 3 aromatic rings. The highest BCUT2D eigenvalue weighted by Crippen LogP contribution is 2.35. The minimum Gasteiger partial charge on any atom is -0.428 e. The standard InChI is InChI=1S/C25H21BrClN5O2/c1-14-21(23(33)29-16-12-10-15(26)11-13-16)22(17-6-2-3-7-18(17)27)31-24(28-14)32-25-30-19-8-4-5-9-20(19)34-25/h2-4,6-8,10-13,22H,5,9H2,1H3,(H,29,33)(H2,28,30,31,32). The average molecular weight is 539 g/mol. The van der Waals surface area contributed by atoms with Crippen LogP contribution in [-0.2, 0) is 11.2 Å². The fourth-order valence-corrected chi connectivity index (χ4v) is 4.43. The maximum Gasteiger partial charge on any atom is 0.302 e. The lowest BCUT2D eigenvalue weighted by molar-refractivity contribution is -0.113. The zero-order chi connectivity index (χ0) is 23.7. The second-order valence-electron chi connectivity index (χ2n) is 7.92. The van der Waals surface area contributed by atoms with Crippen molar-refractivity contribution in [1.29, 1.82) is 0 Å². The van der Waals surface area contributed by atoms with Crippen molar-refractivity contribution in [2.24, 2.45) is 4.99 Å². The number of fused-ring (bicyclic) bond motifs is 1. The number of aromatic nitrogens is 1. The van der Waals surface area contributed by atoms with Crippen molar-refractivity contribution in [2.75, 3.05) is 10.6 Å². The second kappa shape index (κ2) is 9.48. The lowest BCUT2D eigenvalue weighted by Crippen LogP contribution is -2.37. The maximum absolute atomic E-state index is 13.4. The van der Waals surface area contributed by atoms with Crippen LogP contribution in [0.1, 0.15) is 36.4 Å². The molecule has 2 aromatic carbocycles. The molecule has 0 fully saturated rings. The molecule has 1 atom stereocenters. The number of carbonyl (C=O) groups is 1. The molecular weight excluding hydrogens is 518 g/mol. The molecule has 1 unspecified atom stereocenters. The van der Waals surface area contributed by atoms with Crippen LogP contribution in [0.2, 0.25) is 5.02 Å². The first-order valence-corrected chi connectivity index (χ1v) is 12.0. The number of aliphatic imine (C=N–C) groups is 1. The molecule has 1 aliphatic heterocycles. The van der Waals surface area contributed by atoms with Crippen LogP contribution in [-0.4, -0.2) is 16.9 Å². The van der Waals surface area contributed by atoms with Crippen LogP contribution in [0.5, 0.6) is 0 Å². The third kappa shape index (κ3) is 4.64. The molecule has 34 heavy (non-hydrogen) atoms. The van der Waals surface area contributed by atoms with E-state index in [1.807, 2.05) is 55.5 Å². The maximum atomic E-state index is 13.4. The van der Waals surface area contributed by atoms with Crippen LogP contribution in [0.25, 0.3) is 6.08 Å². The van der Waals surface area contributed by atoms with Crippen LogP contribution in [0, 0.1) is 0 Å². The van der Waals surface area contributed by atoms with Gasteiger partial charge in [-0.05, 0) is 49.8 Å². The molecule has 5 rings (SSSR count). The van der Waals surface area contributed by atoms with E-state index in [1.54, 1.807) is 6.07 Å². The minimum atomic E-state index is -0.627. The van der Waals surface area contributed by atoms with Gasteiger partial charge < -0.3 is 15.1 Å². The minimum absolute atomic E-state index is 0.267. The number of nitrogens with zero attached hydrogens (tertiary/aromatic N) is 2. The molecular formula is C25H21BrClN5O2. The third-order valence-corrected chi connectivity index (χ3v) is 6.43. The number of hydrogen-bond donors (Lipinski definition) is 3. The molecule has 1 aromatic heterocycles. The number of carbonyl (C=O) groups excluding carboxylic acids is 1. The van der Waals surface area contributed by atoms with E-state index in [2.05, 4.69) is 42.9 Å². The Bertz CT molecular complexity index is 1340. The molecule has 0 bridgehead atoms. The number of anilines is 2. The predicted molar refractivity (Wildman–Crippen MR) is 138 cm³/mol. The van der Waals surface area contributed by atoms with E-state index in [-0.39, 0.29) is 5.91 Å². The van der Waals surface area contributed by atoms with Crippen molar-refractivity contribution >= 4 is 57.2 Å². The van der Waals surface area contributed by atoms with Crippen molar-refractivity contribution in [2.45, 2.75) is 25.8 Å². The van der Waals surface area contributed by atoms with Crippen molar-refractivity contribution in [3.63, 3.8) is 0 Å². The van der Waals surface area contributed by atoms with Gasteiger partial charge in [-0.1, -0.05) is 51.8 Å². The lowest BCUT2D eigenvalue weighted by atomic mass is 9.95. The number of hydrogen-bond acceptors (Lipinski definition) is 6. The van der Waals surface area contributed by atoms with Gasteiger partial charge in [-0.3, -0.25) is 10.1 Å². The molecule has 0 radical (unpaired) electrons. The van der Waals surface area contributed by atoms with Crippen LogP contribution >= 0.6 is 27.5 Å². The van der Waals surface area contributed by atoms with Gasteiger partial charge in [0.1, 0.15) is 17.5 Å². The fraction of sp³-hybridized carbons (Fsp3) is 0.160. The highest BCUT2D eigenvalue weighted by molar-refractivity contribution is 9.10. The Labute approximate surface area is 210 Å². The average Bonchev–Trinajstić information content (AvgIpc) is 3.22. The van der Waals surface area contributed by atoms with Crippen LogP contribution in [0.3, 0.4) is 0 Å². The van der Waals surface area contributed by atoms with Gasteiger partial charge in [-0.25, -0.2) is 4.99 Å². The van der Waals surface area contributed by atoms with E-state index < -0.39 is 6.04 Å². The molecule has 1 amide bonds. The van der Waals surface area contributed by atoms with Gasteiger partial charge in [-0.2, -0.15) is 4.98 Å². The van der Waals surface area contributed by atoms with Gasteiger partial charge in [0.25, 0.3) is 5.91 Å². The number of rotatable bonds is 4. The Kier molecular flexibility index (Phi) is 6.26. The van der Waals surface area contributed by atoms with Crippen LogP contribution in [0.4, 0.5) is 11.7 Å². The Morgan fingerprint density at radius 2 is 2.00 bits per heavy atom. The first-order chi connectivity index (χ1) is 16.5. The molecule has 1 aliphatic carbocycles. The topological polar surface area (TPSA) is 91.5 Å². The van der Waals surface area contributed by atoms with Crippen LogP contribution in [0.15, 0.2) is 79.8 Å². The second-order valence-corrected chi connectivity index (χ2v) is 9.24. The highest BCUT2D eigenvalue weighted by atomic mass is 79.9. The van der Waals surface area contributed by atoms with E-state index >= 15 is 0 Å². The summed E-state index contributed by atoms with van der Waals surface area (Å²) >= 11 is 9.93. The summed E-state index contributed by atoms with van der Waals surface area (Å²) < 4.78 is 6.78. The summed E-state index contributed by atoms with van der Waals surface area (Å²) in [4.78, 5) is 22.6. The SMILES string of the molecule is CC1=C(C(=O)Nc2ccc(Br)cc2)C(c2ccccc2Cl)N=C(Nc2nc3c(o2)CCC=C3)N1. The Balaban J connectivity index is 1.47. The van der Waals surface area contributed by atoms with Gasteiger partial charge in [0.2, 0.25) is 5.96 Å². The Morgan fingerprint density at radius 1 is 1.21 bits per heavy atom. The summed E-state index contributed by atoms with van der Waals surface area (Å²) in [5, 5.41) is 9.78. The summed E-state index contributed by atoms with van der Waals surface area (Å²) in [6.07, 6.45) is 5.75. The molecule has 9 heteroatoms. The number of halogens is 2. The van der Waals surface area contributed by atoms with Gasteiger partial charge in [0, 0.05) is 32.9 Å². The van der Waals surface area contributed by atoms with Crippen molar-refractivity contribution < 1.29 is 9.21 Å². The van der Waals surface area contributed by atoms with Crippen molar-refractivity contribution in [3.8, 4) is 0 Å². The molecule has 3 N–H and O–H groups in total. The summed E-state index contributed by atoms with van der Waals surface area (Å²) in [7, 11) is 0. The summed E-state index contributed by atoms with van der Waals surface area (Å²) in [6.45, 7) is 1.83. The summed E-state index contributed by atoms with van der Waals surface area (Å²) in [5.74, 6) is 0.993. The summed E-state index contributed by atoms with van der Waals surface area (Å²) in [6, 6.07) is 14.5. The molecule has 0 spiro atoms. The van der Waals surface area contributed by atoms with E-state index in [1.165, 1.54) is 0 Å². The number of nitrogens with one attached hydrogen (secondary N) is 3. The number of aryl methyl sites for hydroxylation is 1. The van der Waals surface area contributed by atoms with Gasteiger partial charge >= 0.3 is 6.01 Å². The lowest BCUT2D eigenvalue weighted by Gasteiger charge is -2.27. The van der Waals surface area contributed by atoms with Gasteiger partial charge in [0.15, 0.2) is 0 Å². The van der Waals surface area contributed by atoms with E-state index in [9.17, 15) is 4.79 Å². The zero-order valence-corrected chi connectivity index (χ0v) is 20.6. The number of allylic oxidation sites excluding steroid dienone is 2. The highest BCUT2D eigenvalue weighted by Gasteiger charge is 2.31. The molecule has 0 saturated carbocycles. The normalized spacial score (nSPS) is 17.0. The zero-order valence-electron chi connectivity index (χ0n) is 18.2. The Morgan fingerprint density at radius 3 is 2.76 bits per heavy atom. The monoisotopic (exact) mass is 537 g/mol. The van der Waals surface area contributed by atoms with E-state index in [4.69, 9.17) is 21.0 Å². The number of guanidine groups is 1. The molecule has 7 nitrogen and oxygen atoms in total. The molecule has 2 heterocycles. The van der Waals surface area contributed by atoms with Gasteiger partial charge in [-0.15, -0.1) is 0 Å². The Hall–Kier alpha value is -3.36. The first kappa shape index (κ1) is 22.4. The third-order valence-electron chi connectivity index (χ3n) is 5.55. The fourth-order valence-electron chi connectivity index (χ4n) is 3.92. The first-order valence-electron chi connectivity index (χ1n) is 10.8. The largest absolute Gasteiger partial charge is 0.428 e. The van der Waals surface area contributed by atoms with E-state index in [0.717, 1.165) is 34.3 Å². The number of oxazole rings is 1. The molecule has 172 valence electrons. The van der Waals surface area contributed by atoms with Crippen molar-refractivity contribution in [3.05, 3.63) is 92.4 Å². The van der Waals surface area contributed by atoms with Crippen molar-refractivity contribution in [1.82, 2.24) is 10.3 Å². The number of amides is 1. The van der Waals surface area contributed by atoms with Gasteiger partial charge in [0.05, 0.1) is 5.57 Å². The predicted octanol–water partition coefficient (Wildman–Crippen LogP) is 6.08. The molecule has 0 saturated heterocycles. The van der Waals surface area contributed by atoms with E-state index in [0.29, 0.717) is 34.0 Å². The smallest absolute Gasteiger partial charge is 0.302 e. The summed E-state index contributed by atoms with van der Waals surface area (Å²) in [5.41, 5.74) is 3.33. The quantitative estimate of drug-likeness (QED) is 0.375.